The van der Waals surface area contributed by atoms with Crippen LogP contribution in [0.4, 0.5) is 0 Å². The maximum absolute atomic E-state index is 8.06. The number of rotatable bonds is 0. The maximum Gasteiger partial charge on any atom is 0.0483 e. The van der Waals surface area contributed by atoms with E-state index in [9.17, 15) is 0 Å². The van der Waals surface area contributed by atoms with Gasteiger partial charge in [0, 0.05) is 44.5 Å². The summed E-state index contributed by atoms with van der Waals surface area (Å²) >= 11 is 0. The Labute approximate surface area is 131 Å². The molecule has 0 fully saturated rings. The molecule has 1 rings (SSSR count). The minimum absolute atomic E-state index is 0. The summed E-state index contributed by atoms with van der Waals surface area (Å²) in [5, 5.41) is 24.2. The first-order chi connectivity index (χ1) is 7.70. The summed E-state index contributed by atoms with van der Waals surface area (Å²) in [5.41, 5.74) is 0. The Morgan fingerprint density at radius 2 is 0.833 bits per heavy atom. The van der Waals surface area contributed by atoms with Crippen molar-refractivity contribution < 1.29 is 41.5 Å². The fourth-order valence-corrected chi connectivity index (χ4v) is 0.321. The van der Waals surface area contributed by atoms with E-state index in [4.69, 9.17) is 15.3 Å². The van der Waals surface area contributed by atoms with Gasteiger partial charge in [-0.1, -0.05) is 0 Å². The van der Waals surface area contributed by atoms with Crippen molar-refractivity contribution in [1.82, 2.24) is 0 Å². The molecule has 0 amide bonds. The van der Waals surface area contributed by atoms with Crippen LogP contribution in [0.15, 0.2) is 30.3 Å². The molecular weight excluding hydrogens is 307 g/mol. The first-order valence-electron chi connectivity index (χ1n) is 5.91. The van der Waals surface area contributed by atoms with Gasteiger partial charge in [0.1, 0.15) is 0 Å². The normalized spacial score (nSPS) is 8.22. The van der Waals surface area contributed by atoms with Crippen molar-refractivity contribution in [3.8, 4) is 0 Å². The predicted molar refractivity (Wildman–Crippen MR) is 74.1 cm³/mol. The molecule has 0 aliphatic heterocycles. The third kappa shape index (κ3) is 141. The van der Waals surface area contributed by atoms with Crippen LogP contribution in [-0.4, -0.2) is 33.6 Å². The third-order valence-electron chi connectivity index (χ3n) is 0.556. The molecule has 0 aromatic heterocycles. The molecule has 1 aromatic carbocycles. The number of aliphatic hydroxyl groups is 3. The Kier molecular flexibility index (Phi) is 33.0. The van der Waals surface area contributed by atoms with Crippen molar-refractivity contribution in [1.29, 1.82) is 0 Å². The van der Waals surface area contributed by atoms with E-state index >= 15 is 0 Å². The molecule has 18 heavy (non-hydrogen) atoms. The minimum atomic E-state index is -0.167. The van der Waals surface area contributed by atoms with E-state index in [1.165, 1.54) is 0 Å². The second-order valence-electron chi connectivity index (χ2n) is 4.24. The van der Waals surface area contributed by atoms with Gasteiger partial charge in [-0.25, -0.2) is 12.1 Å². The van der Waals surface area contributed by atoms with Gasteiger partial charge in [0.2, 0.25) is 0 Å². The van der Waals surface area contributed by atoms with Crippen molar-refractivity contribution >= 4 is 0 Å². The Hall–Kier alpha value is 0.113. The molecule has 0 saturated carbocycles. The van der Waals surface area contributed by atoms with Gasteiger partial charge in [-0.2, -0.15) is 18.2 Å². The monoisotopic (exact) mass is 335 g/mol. The fourth-order valence-electron chi connectivity index (χ4n) is 0.321. The molecule has 0 heterocycles. The van der Waals surface area contributed by atoms with Crippen LogP contribution in [-0.2, 0) is 26.2 Å². The maximum atomic E-state index is 8.06. The van der Waals surface area contributed by atoms with Gasteiger partial charge < -0.3 is 15.3 Å². The molecule has 3 nitrogen and oxygen atoms in total. The van der Waals surface area contributed by atoms with E-state index in [0.29, 0.717) is 0 Å². The predicted octanol–water partition coefficient (Wildman–Crippen LogP) is 2.56. The third-order valence-corrected chi connectivity index (χ3v) is 0.556. The summed E-state index contributed by atoms with van der Waals surface area (Å²) in [6.07, 6.45) is -0.500. The van der Waals surface area contributed by atoms with Gasteiger partial charge in [0.25, 0.3) is 0 Å². The van der Waals surface area contributed by atoms with E-state index in [0.717, 1.165) is 0 Å². The largest absolute Gasteiger partial charge is 0.394 e. The molecule has 0 aliphatic rings. The van der Waals surface area contributed by atoms with E-state index in [1.54, 1.807) is 41.5 Å². The standard InChI is InChI=1S/C5H5.3C3H8O.Zr/c1-2-4-5-3-1;3*1-3(2)4;/h1-5H;3*3-4H,1-2H3;/q-1;;;;. The van der Waals surface area contributed by atoms with Crippen molar-refractivity contribution in [2.24, 2.45) is 0 Å². The molecule has 0 atom stereocenters. The number of hydrogen-bond acceptors (Lipinski definition) is 3. The van der Waals surface area contributed by atoms with E-state index in [-0.39, 0.29) is 44.5 Å². The smallest absolute Gasteiger partial charge is 0.0483 e. The van der Waals surface area contributed by atoms with Crippen LogP contribution in [0.1, 0.15) is 41.5 Å². The second-order valence-corrected chi connectivity index (χ2v) is 4.24. The zero-order valence-corrected chi connectivity index (χ0v) is 14.9. The SMILES string of the molecule is CC(C)O.CC(C)O.CC(C)O.[Zr].c1cc[cH-]c1. The summed E-state index contributed by atoms with van der Waals surface area (Å²) in [6.45, 7) is 10.3. The number of hydrogen-bond donors (Lipinski definition) is 3. The van der Waals surface area contributed by atoms with Gasteiger partial charge in [0.15, 0.2) is 0 Å². The Morgan fingerprint density at radius 3 is 0.889 bits per heavy atom. The minimum Gasteiger partial charge on any atom is -0.394 e. The Balaban J connectivity index is -0.0000000719. The van der Waals surface area contributed by atoms with Crippen LogP contribution in [0.2, 0.25) is 0 Å². The molecule has 3 N–H and O–H groups in total. The van der Waals surface area contributed by atoms with Gasteiger partial charge in [-0.05, 0) is 41.5 Å². The summed E-state index contributed by atoms with van der Waals surface area (Å²) in [7, 11) is 0. The van der Waals surface area contributed by atoms with Crippen molar-refractivity contribution in [2.45, 2.75) is 59.9 Å². The summed E-state index contributed by atoms with van der Waals surface area (Å²) < 4.78 is 0. The molecule has 0 radical (unpaired) electrons. The average Bonchev–Trinajstić information content (AvgIpc) is 2.53. The zero-order valence-electron chi connectivity index (χ0n) is 12.5. The summed E-state index contributed by atoms with van der Waals surface area (Å²) in [5.74, 6) is 0. The van der Waals surface area contributed by atoms with Gasteiger partial charge in [-0.3, -0.25) is 0 Å². The molecular formula is C14H29O3Zr-. The Bertz CT molecular complexity index is 145. The molecule has 0 bridgehead atoms. The molecule has 0 spiro atoms. The Morgan fingerprint density at radius 1 is 0.667 bits per heavy atom. The molecule has 0 saturated heterocycles. The van der Waals surface area contributed by atoms with Crippen LogP contribution < -0.4 is 0 Å². The zero-order chi connectivity index (χ0) is 14.3. The molecule has 108 valence electrons. The molecule has 1 aromatic rings. The summed E-state index contributed by atoms with van der Waals surface area (Å²) in [4.78, 5) is 0. The quantitative estimate of drug-likeness (QED) is 0.638. The van der Waals surface area contributed by atoms with Gasteiger partial charge in [-0.15, -0.1) is 0 Å². The van der Waals surface area contributed by atoms with Crippen LogP contribution >= 0.6 is 0 Å². The first kappa shape index (κ1) is 26.6. The van der Waals surface area contributed by atoms with Crippen LogP contribution in [0.25, 0.3) is 0 Å². The van der Waals surface area contributed by atoms with E-state index in [1.807, 2.05) is 30.3 Å². The van der Waals surface area contributed by atoms with Crippen molar-refractivity contribution in [3.05, 3.63) is 30.3 Å². The topological polar surface area (TPSA) is 60.7 Å². The van der Waals surface area contributed by atoms with Crippen molar-refractivity contribution in [2.75, 3.05) is 0 Å². The molecule has 0 aliphatic carbocycles. The fraction of sp³-hybridized carbons (Fsp3) is 0.643. The average molecular weight is 337 g/mol. The van der Waals surface area contributed by atoms with Crippen LogP contribution in [0, 0.1) is 0 Å². The van der Waals surface area contributed by atoms with Crippen LogP contribution in [0.3, 0.4) is 0 Å². The number of aliphatic hydroxyl groups excluding tert-OH is 3. The molecule has 4 heteroatoms. The van der Waals surface area contributed by atoms with Crippen LogP contribution in [0.5, 0.6) is 0 Å². The van der Waals surface area contributed by atoms with Gasteiger partial charge in [0.05, 0.1) is 0 Å². The summed E-state index contributed by atoms with van der Waals surface area (Å²) in [6, 6.07) is 10.0. The van der Waals surface area contributed by atoms with E-state index < -0.39 is 0 Å². The van der Waals surface area contributed by atoms with Gasteiger partial charge >= 0.3 is 0 Å². The van der Waals surface area contributed by atoms with Crippen molar-refractivity contribution in [3.63, 3.8) is 0 Å². The van der Waals surface area contributed by atoms with E-state index in [2.05, 4.69) is 0 Å². The molecule has 0 unspecified atom stereocenters. The first-order valence-corrected chi connectivity index (χ1v) is 5.91. The second kappa shape index (κ2) is 22.3.